The molecule has 18 heavy (non-hydrogen) atoms. The maximum absolute atomic E-state index is 11.3. The number of nitrogens with zero attached hydrogens (tertiary/aromatic N) is 2. The van der Waals surface area contributed by atoms with Crippen molar-refractivity contribution in [2.45, 2.75) is 4.90 Å². The summed E-state index contributed by atoms with van der Waals surface area (Å²) < 4.78 is 22.6. The summed E-state index contributed by atoms with van der Waals surface area (Å²) in [7, 11) is -3.25. The summed E-state index contributed by atoms with van der Waals surface area (Å²) >= 11 is 0. The minimum atomic E-state index is -3.25. The second-order valence-corrected chi connectivity index (χ2v) is 5.86. The molecule has 6 nitrogen and oxygen atoms in total. The summed E-state index contributed by atoms with van der Waals surface area (Å²) in [5.74, 6) is 0.323. The first-order valence-corrected chi connectivity index (χ1v) is 6.94. The Morgan fingerprint density at radius 1 is 1.11 bits per heavy atom. The summed E-state index contributed by atoms with van der Waals surface area (Å²) in [6.45, 7) is 0. The van der Waals surface area contributed by atoms with Crippen molar-refractivity contribution < 1.29 is 8.42 Å². The molecule has 0 atom stereocenters. The lowest BCUT2D eigenvalue weighted by molar-refractivity contribution is 0.601. The standard InChI is InChI=1S/C11H12N4O2S/c1-18(16,17)7-2-3-10(14-5-7)8-6-15-11(13)4-9(8)12/h2-6H,1H3,(H4,12,13,15). The number of sulfone groups is 1. The van der Waals surface area contributed by atoms with Crippen molar-refractivity contribution in [3.63, 3.8) is 0 Å². The van der Waals surface area contributed by atoms with Crippen LogP contribution in [0.15, 0.2) is 35.5 Å². The van der Waals surface area contributed by atoms with Gasteiger partial charge in [-0.25, -0.2) is 13.4 Å². The van der Waals surface area contributed by atoms with E-state index in [4.69, 9.17) is 11.5 Å². The van der Waals surface area contributed by atoms with E-state index in [9.17, 15) is 8.42 Å². The Bertz CT molecular complexity index is 681. The Hall–Kier alpha value is -2.15. The van der Waals surface area contributed by atoms with Crippen LogP contribution in [0, 0.1) is 0 Å². The number of aromatic nitrogens is 2. The summed E-state index contributed by atoms with van der Waals surface area (Å²) in [5.41, 5.74) is 12.9. The number of rotatable bonds is 2. The fourth-order valence-electron chi connectivity index (χ4n) is 1.46. The molecule has 0 bridgehead atoms. The molecule has 2 aromatic heterocycles. The monoisotopic (exact) mass is 264 g/mol. The summed E-state index contributed by atoms with van der Waals surface area (Å²) in [6, 6.07) is 4.59. The molecule has 0 unspecified atom stereocenters. The Labute approximate surface area is 105 Å². The molecular weight excluding hydrogens is 252 g/mol. The SMILES string of the molecule is CS(=O)(=O)c1ccc(-c2cnc(N)cc2N)nc1. The highest BCUT2D eigenvalue weighted by Crippen LogP contribution is 2.24. The van der Waals surface area contributed by atoms with Gasteiger partial charge in [0.1, 0.15) is 5.82 Å². The number of anilines is 2. The van der Waals surface area contributed by atoms with Crippen LogP contribution in [0.2, 0.25) is 0 Å². The van der Waals surface area contributed by atoms with Crippen LogP contribution in [0.25, 0.3) is 11.3 Å². The molecule has 0 aliphatic rings. The van der Waals surface area contributed by atoms with Gasteiger partial charge in [0.2, 0.25) is 0 Å². The van der Waals surface area contributed by atoms with E-state index in [1.807, 2.05) is 0 Å². The molecule has 0 aliphatic carbocycles. The highest BCUT2D eigenvalue weighted by Gasteiger charge is 2.09. The smallest absolute Gasteiger partial charge is 0.177 e. The van der Waals surface area contributed by atoms with Crippen LogP contribution in [0.5, 0.6) is 0 Å². The Balaban J connectivity index is 2.47. The van der Waals surface area contributed by atoms with E-state index in [2.05, 4.69) is 9.97 Å². The molecule has 2 aromatic rings. The Morgan fingerprint density at radius 2 is 1.83 bits per heavy atom. The predicted octanol–water partition coefficient (Wildman–Crippen LogP) is 0.712. The highest BCUT2D eigenvalue weighted by atomic mass is 32.2. The van der Waals surface area contributed by atoms with Crippen molar-refractivity contribution in [1.29, 1.82) is 0 Å². The van der Waals surface area contributed by atoms with E-state index >= 15 is 0 Å². The molecule has 0 radical (unpaired) electrons. The molecule has 0 fully saturated rings. The topological polar surface area (TPSA) is 112 Å². The van der Waals surface area contributed by atoms with Crippen molar-refractivity contribution >= 4 is 21.3 Å². The zero-order valence-corrected chi connectivity index (χ0v) is 10.5. The lowest BCUT2D eigenvalue weighted by Crippen LogP contribution is -2.00. The third kappa shape index (κ3) is 2.40. The number of nitrogen functional groups attached to an aromatic ring is 2. The van der Waals surface area contributed by atoms with Crippen LogP contribution in [0.1, 0.15) is 0 Å². The first-order chi connectivity index (χ1) is 8.38. The van der Waals surface area contributed by atoms with E-state index in [0.29, 0.717) is 22.8 Å². The zero-order valence-electron chi connectivity index (χ0n) is 9.66. The average molecular weight is 264 g/mol. The van der Waals surface area contributed by atoms with Crippen molar-refractivity contribution in [2.75, 3.05) is 17.7 Å². The maximum Gasteiger partial charge on any atom is 0.177 e. The molecule has 94 valence electrons. The molecular formula is C11H12N4O2S. The molecule has 7 heteroatoms. The third-order valence-corrected chi connectivity index (χ3v) is 3.50. The van der Waals surface area contributed by atoms with Gasteiger partial charge in [-0.05, 0) is 12.1 Å². The van der Waals surface area contributed by atoms with Gasteiger partial charge in [-0.2, -0.15) is 0 Å². The highest BCUT2D eigenvalue weighted by molar-refractivity contribution is 7.90. The maximum atomic E-state index is 11.3. The van der Waals surface area contributed by atoms with Gasteiger partial charge in [0.05, 0.1) is 10.6 Å². The van der Waals surface area contributed by atoms with Gasteiger partial charge in [-0.15, -0.1) is 0 Å². The molecule has 0 amide bonds. The van der Waals surface area contributed by atoms with Crippen molar-refractivity contribution in [2.24, 2.45) is 0 Å². The number of nitrogens with two attached hydrogens (primary N) is 2. The van der Waals surface area contributed by atoms with Crippen LogP contribution >= 0.6 is 0 Å². The van der Waals surface area contributed by atoms with Crippen molar-refractivity contribution in [3.05, 3.63) is 30.6 Å². The molecule has 2 rings (SSSR count). The van der Waals surface area contributed by atoms with E-state index < -0.39 is 9.84 Å². The Kier molecular flexibility index (Phi) is 2.92. The van der Waals surface area contributed by atoms with Crippen LogP contribution in [0.3, 0.4) is 0 Å². The first-order valence-electron chi connectivity index (χ1n) is 5.05. The summed E-state index contributed by atoms with van der Waals surface area (Å²) in [6.07, 6.45) is 3.93. The van der Waals surface area contributed by atoms with Crippen molar-refractivity contribution in [3.8, 4) is 11.3 Å². The summed E-state index contributed by atoms with van der Waals surface area (Å²) in [4.78, 5) is 8.15. The molecule has 2 heterocycles. The van der Waals surface area contributed by atoms with Gasteiger partial charge < -0.3 is 11.5 Å². The van der Waals surface area contributed by atoms with Gasteiger partial charge in [0, 0.05) is 36.0 Å². The van der Waals surface area contributed by atoms with Gasteiger partial charge >= 0.3 is 0 Å². The van der Waals surface area contributed by atoms with Gasteiger partial charge in [-0.1, -0.05) is 0 Å². The van der Waals surface area contributed by atoms with Gasteiger partial charge in [0.25, 0.3) is 0 Å². The lowest BCUT2D eigenvalue weighted by atomic mass is 10.1. The number of hydrogen-bond acceptors (Lipinski definition) is 6. The predicted molar refractivity (Wildman–Crippen MR) is 69.4 cm³/mol. The normalized spacial score (nSPS) is 11.4. The van der Waals surface area contributed by atoms with Gasteiger partial charge in [-0.3, -0.25) is 4.98 Å². The van der Waals surface area contributed by atoms with E-state index in [0.717, 1.165) is 6.26 Å². The number of hydrogen-bond donors (Lipinski definition) is 2. The first kappa shape index (κ1) is 12.3. The van der Waals surface area contributed by atoms with E-state index in [1.165, 1.54) is 24.5 Å². The minimum absolute atomic E-state index is 0.160. The van der Waals surface area contributed by atoms with E-state index in [-0.39, 0.29) is 4.90 Å². The second-order valence-electron chi connectivity index (χ2n) is 3.85. The second kappa shape index (κ2) is 4.26. The Morgan fingerprint density at radius 3 is 2.33 bits per heavy atom. The van der Waals surface area contributed by atoms with Crippen LogP contribution in [-0.2, 0) is 9.84 Å². The lowest BCUT2D eigenvalue weighted by Gasteiger charge is -2.05. The molecule has 0 aliphatic heterocycles. The van der Waals surface area contributed by atoms with Crippen LogP contribution in [-0.4, -0.2) is 24.6 Å². The zero-order chi connectivity index (χ0) is 13.3. The average Bonchev–Trinajstić information content (AvgIpc) is 2.28. The molecule has 0 saturated carbocycles. The molecule has 4 N–H and O–H groups in total. The fourth-order valence-corrected chi connectivity index (χ4v) is 2.02. The third-order valence-electron chi connectivity index (χ3n) is 2.40. The van der Waals surface area contributed by atoms with Crippen LogP contribution in [0.4, 0.5) is 11.5 Å². The molecule has 0 saturated heterocycles. The van der Waals surface area contributed by atoms with Gasteiger partial charge in [0.15, 0.2) is 9.84 Å². The quantitative estimate of drug-likeness (QED) is 0.826. The molecule has 0 spiro atoms. The minimum Gasteiger partial charge on any atom is -0.398 e. The number of pyridine rings is 2. The largest absolute Gasteiger partial charge is 0.398 e. The fraction of sp³-hybridized carbons (Fsp3) is 0.0909. The summed E-state index contributed by atoms with van der Waals surface area (Å²) in [5, 5.41) is 0. The van der Waals surface area contributed by atoms with E-state index in [1.54, 1.807) is 6.07 Å². The van der Waals surface area contributed by atoms with Crippen LogP contribution < -0.4 is 11.5 Å². The van der Waals surface area contributed by atoms with Crippen molar-refractivity contribution in [1.82, 2.24) is 9.97 Å². The molecule has 0 aromatic carbocycles.